The number of rotatable bonds is 5. The van der Waals surface area contributed by atoms with E-state index in [2.05, 4.69) is 15.1 Å². The number of halogens is 1. The molecule has 100 valence electrons. The Morgan fingerprint density at radius 2 is 2.21 bits per heavy atom. The summed E-state index contributed by atoms with van der Waals surface area (Å²) in [4.78, 5) is 19.8. The van der Waals surface area contributed by atoms with Gasteiger partial charge in [-0.05, 0) is 18.1 Å². The Labute approximate surface area is 110 Å². The third-order valence-electron chi connectivity index (χ3n) is 2.58. The summed E-state index contributed by atoms with van der Waals surface area (Å²) in [7, 11) is 0. The van der Waals surface area contributed by atoms with Crippen LogP contribution in [-0.4, -0.2) is 25.5 Å². The minimum Gasteiger partial charge on any atom is -0.292 e. The van der Waals surface area contributed by atoms with E-state index in [4.69, 9.17) is 0 Å². The van der Waals surface area contributed by atoms with E-state index < -0.39 is 11.6 Å². The van der Waals surface area contributed by atoms with Crippen LogP contribution in [0, 0.1) is 11.7 Å². The molecule has 0 fully saturated rings. The highest BCUT2D eigenvalue weighted by Crippen LogP contribution is 2.08. The summed E-state index contributed by atoms with van der Waals surface area (Å²) < 4.78 is 15.1. The fourth-order valence-corrected chi connectivity index (χ4v) is 1.74. The minimum absolute atomic E-state index is 0.000648. The van der Waals surface area contributed by atoms with E-state index in [1.807, 2.05) is 13.8 Å². The molecule has 2 aromatic rings. The van der Waals surface area contributed by atoms with E-state index in [1.54, 1.807) is 4.68 Å². The van der Waals surface area contributed by atoms with Gasteiger partial charge in [0, 0.05) is 12.7 Å². The molecule has 0 N–H and O–H groups in total. The van der Waals surface area contributed by atoms with Gasteiger partial charge >= 0.3 is 0 Å². The molecule has 0 amide bonds. The number of hydrogen-bond donors (Lipinski definition) is 0. The lowest BCUT2D eigenvalue weighted by atomic mass is 10.1. The van der Waals surface area contributed by atoms with Crippen LogP contribution in [-0.2, 0) is 13.0 Å². The molecule has 2 aromatic heterocycles. The molecule has 0 aliphatic carbocycles. The Balaban J connectivity index is 2.16. The first-order valence-corrected chi connectivity index (χ1v) is 6.08. The number of nitrogens with zero attached hydrogens (tertiary/aromatic N) is 4. The molecule has 0 bridgehead atoms. The summed E-state index contributed by atoms with van der Waals surface area (Å²) >= 11 is 0. The van der Waals surface area contributed by atoms with E-state index in [9.17, 15) is 9.18 Å². The maximum atomic E-state index is 13.5. The van der Waals surface area contributed by atoms with Gasteiger partial charge in [-0.1, -0.05) is 13.8 Å². The Morgan fingerprint density at radius 3 is 2.89 bits per heavy atom. The number of pyridine rings is 1. The normalized spacial score (nSPS) is 10.9. The molecular weight excluding hydrogens is 247 g/mol. The molecule has 19 heavy (non-hydrogen) atoms. The maximum absolute atomic E-state index is 13.5. The van der Waals surface area contributed by atoms with Gasteiger partial charge in [0.1, 0.15) is 17.8 Å². The summed E-state index contributed by atoms with van der Waals surface area (Å²) in [6.45, 7) is 4.77. The van der Waals surface area contributed by atoms with E-state index in [0.29, 0.717) is 18.3 Å². The average Bonchev–Trinajstić information content (AvgIpc) is 2.76. The van der Waals surface area contributed by atoms with Gasteiger partial charge < -0.3 is 0 Å². The number of Topliss-reactive ketones (excluding diaryl/α,β-unsaturated/α-hetero) is 1. The van der Waals surface area contributed by atoms with Gasteiger partial charge in [0.15, 0.2) is 11.6 Å². The van der Waals surface area contributed by atoms with Crippen LogP contribution in [0.4, 0.5) is 4.39 Å². The molecule has 6 heteroatoms. The van der Waals surface area contributed by atoms with E-state index in [1.165, 1.54) is 24.7 Å². The van der Waals surface area contributed by atoms with Crippen LogP contribution in [0.15, 0.2) is 24.7 Å². The molecule has 0 saturated heterocycles. The van der Waals surface area contributed by atoms with Crippen LogP contribution >= 0.6 is 0 Å². The zero-order valence-electron chi connectivity index (χ0n) is 10.9. The van der Waals surface area contributed by atoms with Crippen LogP contribution in [0.2, 0.25) is 0 Å². The van der Waals surface area contributed by atoms with Crippen molar-refractivity contribution in [2.75, 3.05) is 0 Å². The molecular formula is C13H15FN4O. The zero-order valence-corrected chi connectivity index (χ0v) is 10.9. The Hall–Kier alpha value is -2.11. The number of hydrogen-bond acceptors (Lipinski definition) is 4. The van der Waals surface area contributed by atoms with Crippen molar-refractivity contribution < 1.29 is 9.18 Å². The monoisotopic (exact) mass is 262 g/mol. The Bertz CT molecular complexity index is 580. The van der Waals surface area contributed by atoms with E-state index in [-0.39, 0.29) is 12.1 Å². The maximum Gasteiger partial charge on any atom is 0.191 e. The van der Waals surface area contributed by atoms with Crippen molar-refractivity contribution in [2.45, 2.75) is 26.8 Å². The second-order valence-corrected chi connectivity index (χ2v) is 4.69. The van der Waals surface area contributed by atoms with E-state index >= 15 is 0 Å². The lowest BCUT2D eigenvalue weighted by Crippen LogP contribution is -2.15. The number of carbonyl (C=O) groups excluding carboxylic acids is 1. The summed E-state index contributed by atoms with van der Waals surface area (Å²) in [5.41, 5.74) is -0.151. The third-order valence-corrected chi connectivity index (χ3v) is 2.58. The predicted octanol–water partition coefficient (Wildman–Crippen LogP) is 1.89. The van der Waals surface area contributed by atoms with E-state index in [0.717, 1.165) is 0 Å². The highest BCUT2D eigenvalue weighted by atomic mass is 19.1. The first-order chi connectivity index (χ1) is 9.08. The quantitative estimate of drug-likeness (QED) is 0.772. The topological polar surface area (TPSA) is 60.7 Å². The Kier molecular flexibility index (Phi) is 3.99. The zero-order chi connectivity index (χ0) is 13.8. The van der Waals surface area contributed by atoms with Gasteiger partial charge in [-0.25, -0.2) is 14.1 Å². The van der Waals surface area contributed by atoms with Crippen molar-refractivity contribution in [3.8, 4) is 0 Å². The van der Waals surface area contributed by atoms with Crippen molar-refractivity contribution in [2.24, 2.45) is 5.92 Å². The van der Waals surface area contributed by atoms with Gasteiger partial charge in [0.2, 0.25) is 0 Å². The summed E-state index contributed by atoms with van der Waals surface area (Å²) in [5.74, 6) is -0.0792. The fraction of sp³-hybridized carbons (Fsp3) is 0.385. The van der Waals surface area contributed by atoms with Gasteiger partial charge in [0.25, 0.3) is 0 Å². The molecule has 0 aliphatic rings. The SMILES string of the molecule is CC(C)Cn1ncnc1CC(=O)c1ncccc1F. The fourth-order valence-electron chi connectivity index (χ4n) is 1.74. The number of ketones is 1. The van der Waals surface area contributed by atoms with Crippen molar-refractivity contribution in [3.05, 3.63) is 42.0 Å². The van der Waals surface area contributed by atoms with Crippen molar-refractivity contribution >= 4 is 5.78 Å². The lowest BCUT2D eigenvalue weighted by molar-refractivity contribution is 0.0980. The highest BCUT2D eigenvalue weighted by Gasteiger charge is 2.17. The molecule has 0 spiro atoms. The van der Waals surface area contributed by atoms with Crippen LogP contribution in [0.5, 0.6) is 0 Å². The molecule has 0 radical (unpaired) electrons. The molecule has 0 atom stereocenters. The molecule has 5 nitrogen and oxygen atoms in total. The largest absolute Gasteiger partial charge is 0.292 e. The summed E-state index contributed by atoms with van der Waals surface area (Å²) in [5, 5.41) is 4.06. The van der Waals surface area contributed by atoms with Crippen molar-refractivity contribution in [1.82, 2.24) is 19.7 Å². The standard InChI is InChI=1S/C13H15FN4O/c1-9(2)7-18-12(16-8-17-18)6-11(19)13-10(14)4-3-5-15-13/h3-5,8-9H,6-7H2,1-2H3. The average molecular weight is 262 g/mol. The van der Waals surface area contributed by atoms with Crippen molar-refractivity contribution in [1.29, 1.82) is 0 Å². The minimum atomic E-state index is -0.609. The second-order valence-electron chi connectivity index (χ2n) is 4.69. The predicted molar refractivity (Wildman–Crippen MR) is 67.1 cm³/mol. The first-order valence-electron chi connectivity index (χ1n) is 6.08. The van der Waals surface area contributed by atoms with Crippen LogP contribution in [0.25, 0.3) is 0 Å². The van der Waals surface area contributed by atoms with Crippen LogP contribution < -0.4 is 0 Å². The van der Waals surface area contributed by atoms with Gasteiger partial charge in [-0.3, -0.25) is 9.78 Å². The third kappa shape index (κ3) is 3.21. The molecule has 2 heterocycles. The molecule has 0 aromatic carbocycles. The second kappa shape index (κ2) is 5.69. The van der Waals surface area contributed by atoms with Crippen LogP contribution in [0.3, 0.4) is 0 Å². The Morgan fingerprint density at radius 1 is 1.42 bits per heavy atom. The highest BCUT2D eigenvalue weighted by molar-refractivity contribution is 5.95. The lowest BCUT2D eigenvalue weighted by Gasteiger charge is -2.08. The van der Waals surface area contributed by atoms with Crippen LogP contribution in [0.1, 0.15) is 30.2 Å². The van der Waals surface area contributed by atoms with Crippen molar-refractivity contribution in [3.63, 3.8) is 0 Å². The molecule has 0 unspecified atom stereocenters. The molecule has 0 aliphatic heterocycles. The number of aromatic nitrogens is 4. The number of carbonyl (C=O) groups is 1. The molecule has 0 saturated carbocycles. The first kappa shape index (κ1) is 13.3. The van der Waals surface area contributed by atoms with Gasteiger partial charge in [-0.2, -0.15) is 5.10 Å². The smallest absolute Gasteiger partial charge is 0.191 e. The van der Waals surface area contributed by atoms with Gasteiger partial charge in [0.05, 0.1) is 6.42 Å². The van der Waals surface area contributed by atoms with Gasteiger partial charge in [-0.15, -0.1) is 0 Å². The summed E-state index contributed by atoms with van der Waals surface area (Å²) in [6.07, 6.45) is 2.80. The summed E-state index contributed by atoms with van der Waals surface area (Å²) in [6, 6.07) is 2.67. The molecule has 2 rings (SSSR count).